The molecule has 0 aliphatic heterocycles. The molecule has 2 rings (SSSR count). The summed E-state index contributed by atoms with van der Waals surface area (Å²) in [6, 6.07) is 12.9. The summed E-state index contributed by atoms with van der Waals surface area (Å²) in [5, 5.41) is 19.5. The van der Waals surface area contributed by atoms with Crippen LogP contribution in [0.3, 0.4) is 0 Å². The minimum Gasteiger partial charge on any atom is -0.508 e. The molecule has 0 heterocycles. The van der Waals surface area contributed by atoms with Crippen molar-refractivity contribution in [1.29, 1.82) is 0 Å². The number of phenolic OH excluding ortho intramolecular Hbond substituents is 1. The summed E-state index contributed by atoms with van der Waals surface area (Å²) in [6.07, 6.45) is 7.20. The van der Waals surface area contributed by atoms with Gasteiger partial charge in [0.25, 0.3) is 0 Å². The van der Waals surface area contributed by atoms with Crippen molar-refractivity contribution in [2.45, 2.75) is 31.8 Å². The van der Waals surface area contributed by atoms with Crippen molar-refractivity contribution in [2.75, 3.05) is 7.11 Å². The van der Waals surface area contributed by atoms with E-state index in [0.29, 0.717) is 12.2 Å². The van der Waals surface area contributed by atoms with E-state index >= 15 is 0 Å². The number of phenols is 1. The van der Waals surface area contributed by atoms with Gasteiger partial charge in [-0.1, -0.05) is 30.4 Å². The van der Waals surface area contributed by atoms with Crippen LogP contribution in [0.2, 0.25) is 0 Å². The minimum atomic E-state index is -0.478. The number of hydrogen-bond donors (Lipinski definition) is 2. The van der Waals surface area contributed by atoms with Crippen LogP contribution in [-0.2, 0) is 6.42 Å². The summed E-state index contributed by atoms with van der Waals surface area (Å²) < 4.78 is 6.05. The number of benzene rings is 2. The molecule has 2 aromatic carbocycles. The van der Waals surface area contributed by atoms with E-state index in [2.05, 4.69) is 28.1 Å². The second kappa shape index (κ2) is 9.50. The second-order valence-electron chi connectivity index (χ2n) is 5.66. The number of aliphatic hydroxyl groups is 1. The number of ether oxygens (including phenoxy) is 1. The molecule has 0 aromatic heterocycles. The Hall–Kier alpha value is -1.78. The molecule has 0 spiro atoms. The molecular weight excluding hydrogens is 368 g/mol. The first kappa shape index (κ1) is 18.6. The molecule has 0 saturated carbocycles. The lowest BCUT2D eigenvalue weighted by Gasteiger charge is -2.11. The van der Waals surface area contributed by atoms with Gasteiger partial charge in [-0.2, -0.15) is 0 Å². The lowest BCUT2D eigenvalue weighted by molar-refractivity contribution is 0.168. The Labute approximate surface area is 151 Å². The maximum atomic E-state index is 10.2. The summed E-state index contributed by atoms with van der Waals surface area (Å²) in [5.74, 6) is 1.06. The van der Waals surface area contributed by atoms with E-state index in [-0.39, 0.29) is 0 Å². The molecule has 0 bridgehead atoms. The average molecular weight is 391 g/mol. The number of halogens is 1. The monoisotopic (exact) mass is 390 g/mol. The molecule has 0 aliphatic rings. The van der Waals surface area contributed by atoms with Crippen LogP contribution in [-0.4, -0.2) is 17.3 Å². The molecule has 1 atom stereocenters. The standard InChI is InChI=1S/C20H23BrO3/c1-24-20-13-10-16(14-18(20)21)19(23)7-5-3-2-4-6-15-8-11-17(22)12-9-15/h2-3,8-14,19,22-23H,4-7H2,1H3/b3-2+. The van der Waals surface area contributed by atoms with E-state index in [9.17, 15) is 10.2 Å². The summed E-state index contributed by atoms with van der Waals surface area (Å²) >= 11 is 3.44. The van der Waals surface area contributed by atoms with E-state index in [1.54, 1.807) is 19.2 Å². The van der Waals surface area contributed by atoms with Gasteiger partial charge in [-0.15, -0.1) is 0 Å². The fourth-order valence-corrected chi connectivity index (χ4v) is 3.02. The zero-order valence-electron chi connectivity index (χ0n) is 13.8. The highest BCUT2D eigenvalue weighted by Gasteiger charge is 2.09. The Morgan fingerprint density at radius 3 is 2.46 bits per heavy atom. The number of aryl methyl sites for hydroxylation is 1. The van der Waals surface area contributed by atoms with Gasteiger partial charge in [0, 0.05) is 0 Å². The average Bonchev–Trinajstić information content (AvgIpc) is 2.59. The first-order valence-corrected chi connectivity index (χ1v) is 8.84. The van der Waals surface area contributed by atoms with E-state index in [1.807, 2.05) is 30.3 Å². The van der Waals surface area contributed by atoms with Crippen LogP contribution in [0.25, 0.3) is 0 Å². The Bertz CT molecular complexity index is 665. The third kappa shape index (κ3) is 5.69. The number of hydrogen-bond acceptors (Lipinski definition) is 3. The quantitative estimate of drug-likeness (QED) is 0.611. The molecule has 0 fully saturated rings. The Kier molecular flexibility index (Phi) is 7.35. The smallest absolute Gasteiger partial charge is 0.133 e. The molecule has 0 amide bonds. The van der Waals surface area contributed by atoms with E-state index in [4.69, 9.17) is 4.74 Å². The molecule has 2 N–H and O–H groups in total. The normalized spacial score (nSPS) is 12.5. The predicted molar refractivity (Wildman–Crippen MR) is 100 cm³/mol. The van der Waals surface area contributed by atoms with Crippen molar-refractivity contribution in [3.05, 3.63) is 70.2 Å². The summed E-state index contributed by atoms with van der Waals surface area (Å²) in [4.78, 5) is 0. The number of aromatic hydroxyl groups is 1. The predicted octanol–water partition coefficient (Wildman–Crippen LogP) is 5.17. The maximum Gasteiger partial charge on any atom is 0.133 e. The number of methoxy groups -OCH3 is 1. The van der Waals surface area contributed by atoms with E-state index in [0.717, 1.165) is 35.0 Å². The first-order valence-electron chi connectivity index (χ1n) is 8.04. The van der Waals surface area contributed by atoms with Crippen LogP contribution >= 0.6 is 15.9 Å². The molecule has 2 aromatic rings. The van der Waals surface area contributed by atoms with Crippen LogP contribution < -0.4 is 4.74 Å². The topological polar surface area (TPSA) is 49.7 Å². The van der Waals surface area contributed by atoms with Gasteiger partial charge >= 0.3 is 0 Å². The largest absolute Gasteiger partial charge is 0.508 e. The highest BCUT2D eigenvalue weighted by atomic mass is 79.9. The van der Waals surface area contributed by atoms with Crippen molar-refractivity contribution < 1.29 is 14.9 Å². The molecule has 3 nitrogen and oxygen atoms in total. The van der Waals surface area contributed by atoms with Crippen molar-refractivity contribution in [2.24, 2.45) is 0 Å². The molecule has 1 unspecified atom stereocenters. The van der Waals surface area contributed by atoms with Crippen molar-refractivity contribution in [1.82, 2.24) is 0 Å². The third-order valence-electron chi connectivity index (χ3n) is 3.87. The zero-order valence-corrected chi connectivity index (χ0v) is 15.4. The number of rotatable bonds is 8. The highest BCUT2D eigenvalue weighted by molar-refractivity contribution is 9.10. The number of aliphatic hydroxyl groups excluding tert-OH is 1. The van der Waals surface area contributed by atoms with Gasteiger partial charge in [0.05, 0.1) is 17.7 Å². The van der Waals surface area contributed by atoms with Gasteiger partial charge in [-0.25, -0.2) is 0 Å². The highest BCUT2D eigenvalue weighted by Crippen LogP contribution is 2.29. The van der Waals surface area contributed by atoms with E-state index < -0.39 is 6.10 Å². The van der Waals surface area contributed by atoms with Gasteiger partial charge in [-0.3, -0.25) is 0 Å². The molecule has 0 aliphatic carbocycles. The Morgan fingerprint density at radius 2 is 1.79 bits per heavy atom. The van der Waals surface area contributed by atoms with Crippen molar-refractivity contribution in [3.63, 3.8) is 0 Å². The van der Waals surface area contributed by atoms with Crippen molar-refractivity contribution in [3.8, 4) is 11.5 Å². The molecule has 0 saturated heterocycles. The Balaban J connectivity index is 1.72. The van der Waals surface area contributed by atoms with Crippen LogP contribution in [0.15, 0.2) is 59.1 Å². The fraction of sp³-hybridized carbons (Fsp3) is 0.300. The molecule has 4 heteroatoms. The molecule has 128 valence electrons. The lowest BCUT2D eigenvalue weighted by Crippen LogP contribution is -1.97. The van der Waals surface area contributed by atoms with E-state index in [1.165, 1.54) is 5.56 Å². The van der Waals surface area contributed by atoms with Gasteiger partial charge in [0.2, 0.25) is 0 Å². The maximum absolute atomic E-state index is 10.2. The van der Waals surface area contributed by atoms with Gasteiger partial charge in [0.1, 0.15) is 11.5 Å². The fourth-order valence-electron chi connectivity index (χ4n) is 2.46. The second-order valence-corrected chi connectivity index (χ2v) is 6.52. The minimum absolute atomic E-state index is 0.299. The first-order chi connectivity index (χ1) is 11.6. The number of allylic oxidation sites excluding steroid dienone is 2. The van der Waals surface area contributed by atoms with Crippen molar-refractivity contribution >= 4 is 15.9 Å². The van der Waals surface area contributed by atoms with Gasteiger partial charge < -0.3 is 14.9 Å². The van der Waals surface area contributed by atoms with Crippen LogP contribution in [0, 0.1) is 0 Å². The van der Waals surface area contributed by atoms with Crippen LogP contribution in [0.5, 0.6) is 11.5 Å². The third-order valence-corrected chi connectivity index (χ3v) is 4.49. The molecular formula is C20H23BrO3. The summed E-state index contributed by atoms with van der Waals surface area (Å²) in [5.41, 5.74) is 2.10. The Morgan fingerprint density at radius 1 is 1.08 bits per heavy atom. The van der Waals surface area contributed by atoms with Crippen LogP contribution in [0.1, 0.15) is 36.5 Å². The molecule has 24 heavy (non-hydrogen) atoms. The zero-order chi connectivity index (χ0) is 17.4. The van der Waals surface area contributed by atoms with Gasteiger partial charge in [0.15, 0.2) is 0 Å². The van der Waals surface area contributed by atoms with Crippen LogP contribution in [0.4, 0.5) is 0 Å². The summed E-state index contributed by atoms with van der Waals surface area (Å²) in [6.45, 7) is 0. The lowest BCUT2D eigenvalue weighted by atomic mass is 10.0. The summed E-state index contributed by atoms with van der Waals surface area (Å²) in [7, 11) is 1.62. The molecule has 0 radical (unpaired) electrons. The SMILES string of the molecule is COc1ccc(C(O)CC/C=C/CCc2ccc(O)cc2)cc1Br. The van der Waals surface area contributed by atoms with Gasteiger partial charge in [-0.05, 0) is 77.0 Å².